The van der Waals surface area contributed by atoms with Crippen LogP contribution in [0.4, 0.5) is 21.2 Å². The molecule has 1 aromatic carbocycles. The maximum absolute atomic E-state index is 13.4. The van der Waals surface area contributed by atoms with Crippen molar-refractivity contribution in [3.63, 3.8) is 0 Å². The molecule has 0 amide bonds. The minimum atomic E-state index is -0.678. The van der Waals surface area contributed by atoms with Gasteiger partial charge in [0.05, 0.1) is 23.0 Å². The lowest BCUT2D eigenvalue weighted by Gasteiger charge is -2.43. The van der Waals surface area contributed by atoms with Crippen LogP contribution < -0.4 is 15.1 Å². The van der Waals surface area contributed by atoms with E-state index in [-0.39, 0.29) is 22.5 Å². The van der Waals surface area contributed by atoms with Crippen molar-refractivity contribution in [3.05, 3.63) is 53.3 Å². The van der Waals surface area contributed by atoms with Gasteiger partial charge in [0, 0.05) is 37.6 Å². The van der Waals surface area contributed by atoms with Crippen LogP contribution in [-0.4, -0.2) is 67.7 Å². The van der Waals surface area contributed by atoms with Gasteiger partial charge in [-0.2, -0.15) is 4.52 Å². The fraction of sp³-hybridized carbons (Fsp3) is 0.483. The van der Waals surface area contributed by atoms with Gasteiger partial charge in [0.2, 0.25) is 0 Å². The van der Waals surface area contributed by atoms with Crippen molar-refractivity contribution in [3.8, 4) is 11.3 Å². The lowest BCUT2D eigenvalue weighted by molar-refractivity contribution is 0.0622. The first-order valence-corrected chi connectivity index (χ1v) is 16.1. The molecule has 1 aliphatic heterocycles. The SMILES string of the molecule is CCc1nc2ccc(N3CCN[C@H](C(C)(C)O[SiH2]C(C)(C)C)C3)nn2c1N(C)c1nc(-c2ccc(F)cc2)cs1. The fourth-order valence-corrected chi connectivity index (χ4v) is 6.70. The number of imidazole rings is 1. The van der Waals surface area contributed by atoms with Crippen LogP contribution in [0, 0.1) is 5.82 Å². The van der Waals surface area contributed by atoms with E-state index in [1.807, 2.05) is 16.9 Å². The first kappa shape index (κ1) is 28.7. The zero-order chi connectivity index (χ0) is 28.7. The lowest BCUT2D eigenvalue weighted by Crippen LogP contribution is -2.60. The number of nitrogens with one attached hydrogen (secondary N) is 1. The quantitative estimate of drug-likeness (QED) is 0.287. The Kier molecular flexibility index (Phi) is 8.02. The molecule has 214 valence electrons. The molecule has 0 aliphatic carbocycles. The number of rotatable bonds is 8. The van der Waals surface area contributed by atoms with Crippen molar-refractivity contribution in [2.45, 2.75) is 64.6 Å². The van der Waals surface area contributed by atoms with Gasteiger partial charge in [-0.25, -0.2) is 14.4 Å². The Morgan fingerprint density at radius 3 is 2.58 bits per heavy atom. The van der Waals surface area contributed by atoms with Crippen LogP contribution in [0.25, 0.3) is 16.9 Å². The maximum atomic E-state index is 13.4. The molecule has 0 unspecified atom stereocenters. The molecule has 1 aliphatic rings. The number of thiazole rings is 1. The molecule has 3 aromatic heterocycles. The standard InChI is InChI=1S/C29H40FN7OSSi/c1-8-21-26(35(7)27-33-22(18-39-27)19-9-11-20(30)12-10-19)37-24(32-21)13-14-25(34-37)36-16-15-31-23(17-36)29(5,6)38-40-28(2,3)4/h9-14,18,23,31H,8,15-17,40H2,1-7H3/t23-/m0/s1. The Morgan fingerprint density at radius 2 is 1.88 bits per heavy atom. The zero-order valence-electron chi connectivity index (χ0n) is 24.5. The number of halogens is 1. The molecular weight excluding hydrogens is 542 g/mol. The summed E-state index contributed by atoms with van der Waals surface area (Å²) in [6.07, 6.45) is 0.771. The number of nitrogens with zero attached hydrogens (tertiary/aromatic N) is 6. The number of hydrogen-bond acceptors (Lipinski definition) is 8. The summed E-state index contributed by atoms with van der Waals surface area (Å²) in [6.45, 7) is 15.8. The Hall–Kier alpha value is -2.86. The van der Waals surface area contributed by atoms with E-state index in [0.717, 1.165) is 65.4 Å². The smallest absolute Gasteiger partial charge is 0.191 e. The van der Waals surface area contributed by atoms with Crippen molar-refractivity contribution in [1.29, 1.82) is 0 Å². The highest BCUT2D eigenvalue weighted by atomic mass is 32.1. The number of aryl methyl sites for hydroxylation is 1. The van der Waals surface area contributed by atoms with E-state index < -0.39 is 9.76 Å². The Bertz CT molecular complexity index is 1460. The first-order chi connectivity index (χ1) is 18.9. The average molecular weight is 582 g/mol. The third kappa shape index (κ3) is 6.07. The largest absolute Gasteiger partial charge is 0.417 e. The zero-order valence-corrected chi connectivity index (χ0v) is 26.8. The van der Waals surface area contributed by atoms with E-state index in [0.29, 0.717) is 0 Å². The predicted molar refractivity (Wildman–Crippen MR) is 165 cm³/mol. The van der Waals surface area contributed by atoms with Crippen LogP contribution >= 0.6 is 11.3 Å². The molecule has 1 fully saturated rings. The van der Waals surface area contributed by atoms with Crippen LogP contribution in [0.5, 0.6) is 0 Å². The van der Waals surface area contributed by atoms with E-state index in [9.17, 15) is 4.39 Å². The van der Waals surface area contributed by atoms with E-state index >= 15 is 0 Å². The van der Waals surface area contributed by atoms with E-state index in [1.54, 1.807) is 23.5 Å². The van der Waals surface area contributed by atoms with Gasteiger partial charge < -0.3 is 19.5 Å². The highest BCUT2D eigenvalue weighted by Crippen LogP contribution is 2.34. The molecule has 1 atom stereocenters. The van der Waals surface area contributed by atoms with Crippen molar-refractivity contribution < 1.29 is 8.82 Å². The molecule has 8 nitrogen and oxygen atoms in total. The molecule has 4 heterocycles. The van der Waals surface area contributed by atoms with Crippen LogP contribution in [0.2, 0.25) is 5.04 Å². The summed E-state index contributed by atoms with van der Waals surface area (Å²) in [7, 11) is 1.33. The molecule has 1 N–H and O–H groups in total. The third-order valence-electron chi connectivity index (χ3n) is 7.30. The number of piperazine rings is 1. The Morgan fingerprint density at radius 1 is 1.12 bits per heavy atom. The molecule has 1 saturated heterocycles. The van der Waals surface area contributed by atoms with Gasteiger partial charge in [-0.05, 0) is 61.7 Å². The van der Waals surface area contributed by atoms with Crippen LogP contribution in [0.15, 0.2) is 41.8 Å². The summed E-state index contributed by atoms with van der Waals surface area (Å²) in [5.74, 6) is 1.57. The van der Waals surface area contributed by atoms with Gasteiger partial charge >= 0.3 is 0 Å². The Balaban J connectivity index is 1.42. The average Bonchev–Trinajstić information content (AvgIpc) is 3.57. The second kappa shape index (κ2) is 11.2. The number of aromatic nitrogens is 4. The van der Waals surface area contributed by atoms with E-state index in [4.69, 9.17) is 19.5 Å². The Labute approximate surface area is 242 Å². The van der Waals surface area contributed by atoms with E-state index in [1.165, 1.54) is 12.1 Å². The number of benzene rings is 1. The number of hydrogen-bond donors (Lipinski definition) is 1. The fourth-order valence-electron chi connectivity index (χ4n) is 4.89. The van der Waals surface area contributed by atoms with Crippen molar-refractivity contribution >= 4 is 43.5 Å². The molecule has 11 heteroatoms. The van der Waals surface area contributed by atoms with Crippen LogP contribution in [0.3, 0.4) is 0 Å². The van der Waals surface area contributed by atoms with Crippen molar-refractivity contribution in [2.75, 3.05) is 36.5 Å². The topological polar surface area (TPSA) is 70.8 Å². The predicted octanol–water partition coefficient (Wildman–Crippen LogP) is 5.20. The third-order valence-corrected chi connectivity index (χ3v) is 9.97. The normalized spacial score (nSPS) is 16.9. The minimum absolute atomic E-state index is 0.199. The summed E-state index contributed by atoms with van der Waals surface area (Å²) in [5, 5.41) is 11.9. The summed E-state index contributed by atoms with van der Waals surface area (Å²) in [4.78, 5) is 14.1. The number of anilines is 3. The van der Waals surface area contributed by atoms with Gasteiger partial charge in [-0.15, -0.1) is 16.4 Å². The van der Waals surface area contributed by atoms with Crippen molar-refractivity contribution in [2.24, 2.45) is 0 Å². The van der Waals surface area contributed by atoms with Crippen molar-refractivity contribution in [1.82, 2.24) is 24.9 Å². The molecule has 40 heavy (non-hydrogen) atoms. The lowest BCUT2D eigenvalue weighted by atomic mass is 9.97. The van der Waals surface area contributed by atoms with Gasteiger partial charge in [0.1, 0.15) is 11.6 Å². The second-order valence-electron chi connectivity index (χ2n) is 12.2. The maximum Gasteiger partial charge on any atom is 0.191 e. The van der Waals surface area contributed by atoms with Gasteiger partial charge in [-0.3, -0.25) is 0 Å². The van der Waals surface area contributed by atoms with Crippen LogP contribution in [0.1, 0.15) is 47.2 Å². The van der Waals surface area contributed by atoms with Gasteiger partial charge in [0.25, 0.3) is 0 Å². The highest BCUT2D eigenvalue weighted by molar-refractivity contribution is 7.14. The molecule has 0 saturated carbocycles. The monoisotopic (exact) mass is 581 g/mol. The molecule has 0 radical (unpaired) electrons. The molecular formula is C29H40FN7OSSi. The molecule has 0 bridgehead atoms. The van der Waals surface area contributed by atoms with Crippen LogP contribution in [-0.2, 0) is 10.8 Å². The molecule has 4 aromatic rings. The van der Waals surface area contributed by atoms with Gasteiger partial charge in [0.15, 0.2) is 26.4 Å². The summed E-state index contributed by atoms with van der Waals surface area (Å²) < 4.78 is 21.9. The summed E-state index contributed by atoms with van der Waals surface area (Å²) in [6, 6.07) is 10.8. The first-order valence-electron chi connectivity index (χ1n) is 13.9. The second-order valence-corrected chi connectivity index (χ2v) is 15.7. The van der Waals surface area contributed by atoms with E-state index in [2.05, 4.69) is 68.8 Å². The number of fused-ring (bicyclic) bond motifs is 1. The summed E-state index contributed by atoms with van der Waals surface area (Å²) in [5.41, 5.74) is 3.22. The minimum Gasteiger partial charge on any atom is -0.417 e. The summed E-state index contributed by atoms with van der Waals surface area (Å²) >= 11 is 1.55. The molecule has 5 rings (SSSR count). The molecule has 0 spiro atoms. The highest BCUT2D eigenvalue weighted by Gasteiger charge is 2.35. The van der Waals surface area contributed by atoms with Gasteiger partial charge in [-0.1, -0.05) is 27.7 Å².